The summed E-state index contributed by atoms with van der Waals surface area (Å²) in [5, 5.41) is 14.2. The zero-order chi connectivity index (χ0) is 24.2. The summed E-state index contributed by atoms with van der Waals surface area (Å²) in [6.45, 7) is 8.56. The monoisotopic (exact) mass is 448 g/mol. The summed E-state index contributed by atoms with van der Waals surface area (Å²) in [4.78, 5) is 19.6. The Kier molecular flexibility index (Phi) is 10.4. The smallest absolute Gasteiger partial charge is 0.222 e. The molecule has 3 aromatic rings. The number of fused-ring (bicyclic) bond motifs is 1. The lowest BCUT2D eigenvalue weighted by Crippen LogP contribution is -2.34. The van der Waals surface area contributed by atoms with Crippen LogP contribution in [0.2, 0.25) is 0 Å². The second kappa shape index (κ2) is 13.2. The second-order valence-electron chi connectivity index (χ2n) is 7.80. The number of hydrogen-bond donors (Lipinski definition) is 0. The molecule has 1 aliphatic rings. The third-order valence-corrected chi connectivity index (χ3v) is 5.51. The van der Waals surface area contributed by atoms with Gasteiger partial charge in [0, 0.05) is 51.7 Å². The molecule has 1 fully saturated rings. The summed E-state index contributed by atoms with van der Waals surface area (Å²) < 4.78 is 1.96. The minimum absolute atomic E-state index is 0.246. The van der Waals surface area contributed by atoms with E-state index in [1.165, 1.54) is 22.9 Å². The van der Waals surface area contributed by atoms with E-state index < -0.39 is 0 Å². The first-order valence-corrected chi connectivity index (χ1v) is 11.8. The van der Waals surface area contributed by atoms with Gasteiger partial charge < -0.3 is 9.80 Å². The molecule has 7 heteroatoms. The molecule has 7 nitrogen and oxygen atoms in total. The van der Waals surface area contributed by atoms with E-state index in [4.69, 9.17) is 5.26 Å². The number of carbonyl (C=O) groups is 1. The lowest BCUT2D eigenvalue weighted by Gasteiger charge is -2.22. The van der Waals surface area contributed by atoms with Crippen LogP contribution >= 0.6 is 0 Å². The molecule has 176 valence electrons. The van der Waals surface area contributed by atoms with Gasteiger partial charge in [0.2, 0.25) is 5.91 Å². The Bertz CT molecular complexity index is 1050. The average Bonchev–Trinajstić information content (AvgIpc) is 3.45. The molecule has 1 aromatic carbocycles. The van der Waals surface area contributed by atoms with Crippen molar-refractivity contribution in [2.24, 2.45) is 7.05 Å². The summed E-state index contributed by atoms with van der Waals surface area (Å²) in [5.41, 5.74) is 3.24. The van der Waals surface area contributed by atoms with E-state index in [-0.39, 0.29) is 5.91 Å². The van der Waals surface area contributed by atoms with Gasteiger partial charge in [-0.1, -0.05) is 45.4 Å². The van der Waals surface area contributed by atoms with Gasteiger partial charge in [-0.05, 0) is 30.5 Å². The number of aromatic nitrogens is 3. The number of benzene rings is 1. The fourth-order valence-electron chi connectivity index (χ4n) is 3.79. The van der Waals surface area contributed by atoms with Crippen molar-refractivity contribution >= 4 is 22.6 Å². The predicted octanol–water partition coefficient (Wildman–Crippen LogP) is 4.56. The van der Waals surface area contributed by atoms with Crippen molar-refractivity contribution in [3.63, 3.8) is 0 Å². The van der Waals surface area contributed by atoms with E-state index in [1.807, 2.05) is 60.8 Å². The fraction of sp³-hybridized carbons (Fsp3) is 0.462. The van der Waals surface area contributed by atoms with Crippen molar-refractivity contribution in [1.29, 1.82) is 5.26 Å². The highest BCUT2D eigenvalue weighted by molar-refractivity contribution is 5.81. The molecule has 1 amide bonds. The van der Waals surface area contributed by atoms with Crippen LogP contribution in [0.15, 0.2) is 42.7 Å². The molecule has 0 saturated carbocycles. The van der Waals surface area contributed by atoms with E-state index in [2.05, 4.69) is 35.2 Å². The van der Waals surface area contributed by atoms with Crippen LogP contribution in [0.3, 0.4) is 0 Å². The van der Waals surface area contributed by atoms with Crippen LogP contribution in [0.4, 0.5) is 5.82 Å². The molecule has 0 spiro atoms. The molecule has 0 aliphatic carbocycles. The minimum atomic E-state index is 0.246. The summed E-state index contributed by atoms with van der Waals surface area (Å²) in [7, 11) is 3.94. The third-order valence-electron chi connectivity index (χ3n) is 5.51. The maximum atomic E-state index is 11.5. The van der Waals surface area contributed by atoms with Crippen molar-refractivity contribution in [2.45, 2.75) is 46.5 Å². The molecule has 4 rings (SSSR count). The Balaban J connectivity index is 0.000000227. The lowest BCUT2D eigenvalue weighted by atomic mass is 10.1. The number of likely N-dealkylation sites (tertiary alicyclic amines) is 1. The van der Waals surface area contributed by atoms with Crippen molar-refractivity contribution in [3.05, 3.63) is 53.9 Å². The van der Waals surface area contributed by atoms with Crippen LogP contribution in [0.25, 0.3) is 10.9 Å². The Hall–Kier alpha value is -3.40. The van der Waals surface area contributed by atoms with E-state index in [0.717, 1.165) is 38.3 Å². The van der Waals surface area contributed by atoms with Crippen LogP contribution in [-0.4, -0.2) is 52.3 Å². The number of nitriles is 1. The lowest BCUT2D eigenvalue weighted by molar-refractivity contribution is -0.127. The Morgan fingerprint density at radius 2 is 1.97 bits per heavy atom. The van der Waals surface area contributed by atoms with Gasteiger partial charge in [-0.25, -0.2) is 4.98 Å². The first-order valence-electron chi connectivity index (χ1n) is 11.8. The van der Waals surface area contributed by atoms with Gasteiger partial charge in [0.25, 0.3) is 0 Å². The molecule has 1 saturated heterocycles. The molecular weight excluding hydrogens is 412 g/mol. The Morgan fingerprint density at radius 3 is 2.58 bits per heavy atom. The summed E-state index contributed by atoms with van der Waals surface area (Å²) in [6, 6.07) is 12.0. The highest BCUT2D eigenvalue weighted by atomic mass is 16.2. The number of nitrogens with zero attached hydrogens (tertiary/aromatic N) is 6. The standard InChI is InChI=1S/C13H16N4O.C11H14N2.C2H6/c1-16(7-8-17-6-2-3-13(17)18)12-5-4-11(9-14)10-15-12;1-3-5-9-6-4-7-10-8-12-13(2)11(9)10;1-2/h4-5,10H,2-3,6-8H2,1H3;4,6-8H,3,5H2,1-2H3;1-2H3. The molecule has 1 aliphatic heterocycles. The topological polar surface area (TPSA) is 78.0 Å². The molecule has 0 bridgehead atoms. The Morgan fingerprint density at radius 1 is 1.18 bits per heavy atom. The highest BCUT2D eigenvalue weighted by Crippen LogP contribution is 2.18. The van der Waals surface area contributed by atoms with E-state index in [0.29, 0.717) is 12.0 Å². The second-order valence-corrected chi connectivity index (χ2v) is 7.80. The number of aryl methyl sites for hydroxylation is 2. The van der Waals surface area contributed by atoms with Crippen LogP contribution in [0.5, 0.6) is 0 Å². The SMILES string of the molecule is CC.CCCc1cccc2cnn(C)c12.CN(CCN1CCCC1=O)c1ccc(C#N)cn1. The first kappa shape index (κ1) is 25.9. The summed E-state index contributed by atoms with van der Waals surface area (Å²) >= 11 is 0. The van der Waals surface area contributed by atoms with Gasteiger partial charge in [0.15, 0.2) is 0 Å². The zero-order valence-corrected chi connectivity index (χ0v) is 20.6. The van der Waals surface area contributed by atoms with Gasteiger partial charge in [-0.3, -0.25) is 9.48 Å². The molecule has 0 atom stereocenters. The van der Waals surface area contributed by atoms with Crippen molar-refractivity contribution in [2.75, 3.05) is 31.6 Å². The van der Waals surface area contributed by atoms with Crippen LogP contribution in [0.1, 0.15) is 51.2 Å². The normalized spacial score (nSPS) is 12.5. The van der Waals surface area contributed by atoms with Crippen LogP contribution in [0, 0.1) is 11.3 Å². The summed E-state index contributed by atoms with van der Waals surface area (Å²) in [6.07, 6.45) is 7.46. The van der Waals surface area contributed by atoms with E-state index in [1.54, 1.807) is 12.3 Å². The molecular formula is C26H36N6O. The maximum Gasteiger partial charge on any atom is 0.222 e. The molecule has 2 aromatic heterocycles. The molecule has 3 heterocycles. The molecule has 0 N–H and O–H groups in total. The quantitative estimate of drug-likeness (QED) is 0.552. The average molecular weight is 449 g/mol. The number of anilines is 1. The largest absolute Gasteiger partial charge is 0.358 e. The maximum absolute atomic E-state index is 11.5. The fourth-order valence-corrected chi connectivity index (χ4v) is 3.79. The number of para-hydroxylation sites is 1. The third kappa shape index (κ3) is 7.04. The predicted molar refractivity (Wildman–Crippen MR) is 134 cm³/mol. The van der Waals surface area contributed by atoms with E-state index >= 15 is 0 Å². The summed E-state index contributed by atoms with van der Waals surface area (Å²) in [5.74, 6) is 1.07. The van der Waals surface area contributed by atoms with E-state index in [9.17, 15) is 4.79 Å². The number of carbonyl (C=O) groups excluding carboxylic acids is 1. The van der Waals surface area contributed by atoms with Gasteiger partial charge in [-0.2, -0.15) is 10.4 Å². The van der Waals surface area contributed by atoms with Gasteiger partial charge >= 0.3 is 0 Å². The zero-order valence-electron chi connectivity index (χ0n) is 20.6. The minimum Gasteiger partial charge on any atom is -0.358 e. The number of likely N-dealkylation sites (N-methyl/N-ethyl adjacent to an activating group) is 1. The highest BCUT2D eigenvalue weighted by Gasteiger charge is 2.19. The molecule has 0 unspecified atom stereocenters. The van der Waals surface area contributed by atoms with Crippen molar-refractivity contribution in [3.8, 4) is 6.07 Å². The number of pyridine rings is 1. The number of hydrogen-bond acceptors (Lipinski definition) is 5. The van der Waals surface area contributed by atoms with Crippen LogP contribution < -0.4 is 4.90 Å². The van der Waals surface area contributed by atoms with Crippen molar-refractivity contribution < 1.29 is 4.79 Å². The van der Waals surface area contributed by atoms with Crippen molar-refractivity contribution in [1.82, 2.24) is 19.7 Å². The number of amides is 1. The van der Waals surface area contributed by atoms with Gasteiger partial charge in [0.05, 0.1) is 17.3 Å². The first-order chi connectivity index (χ1) is 16.0. The van der Waals surface area contributed by atoms with Gasteiger partial charge in [0.1, 0.15) is 11.9 Å². The van der Waals surface area contributed by atoms with Gasteiger partial charge in [-0.15, -0.1) is 0 Å². The molecule has 0 radical (unpaired) electrons. The Labute approximate surface area is 197 Å². The molecule has 33 heavy (non-hydrogen) atoms. The number of rotatable bonds is 6. The van der Waals surface area contributed by atoms with Crippen LogP contribution in [-0.2, 0) is 18.3 Å².